The first kappa shape index (κ1) is 20.1. The van der Waals surface area contributed by atoms with Crippen LogP contribution in [-0.2, 0) is 17.8 Å². The van der Waals surface area contributed by atoms with Crippen molar-refractivity contribution in [3.8, 4) is 11.4 Å². The van der Waals surface area contributed by atoms with Gasteiger partial charge < -0.3 is 9.88 Å². The predicted molar refractivity (Wildman–Crippen MR) is 114 cm³/mol. The fourth-order valence-electron chi connectivity index (χ4n) is 2.99. The van der Waals surface area contributed by atoms with E-state index >= 15 is 0 Å². The van der Waals surface area contributed by atoms with Gasteiger partial charge in [-0.3, -0.25) is 4.79 Å². The van der Waals surface area contributed by atoms with Gasteiger partial charge in [0.1, 0.15) is 0 Å². The van der Waals surface area contributed by atoms with E-state index in [9.17, 15) is 4.79 Å². The van der Waals surface area contributed by atoms with Crippen molar-refractivity contribution in [3.05, 3.63) is 65.7 Å². The molecule has 0 saturated carbocycles. The number of thioether (sulfide) groups is 1. The second kappa shape index (κ2) is 9.55. The van der Waals surface area contributed by atoms with Gasteiger partial charge in [0, 0.05) is 18.7 Å². The summed E-state index contributed by atoms with van der Waals surface area (Å²) in [7, 11) is 0. The van der Waals surface area contributed by atoms with Crippen molar-refractivity contribution in [2.45, 2.75) is 44.1 Å². The Morgan fingerprint density at radius 1 is 1.14 bits per heavy atom. The van der Waals surface area contributed by atoms with Crippen LogP contribution in [0, 0.1) is 6.92 Å². The third kappa shape index (κ3) is 5.01. The monoisotopic (exact) mass is 394 g/mol. The van der Waals surface area contributed by atoms with Gasteiger partial charge >= 0.3 is 0 Å². The molecule has 2 aromatic carbocycles. The zero-order chi connectivity index (χ0) is 19.9. The highest BCUT2D eigenvalue weighted by Gasteiger charge is 2.20. The van der Waals surface area contributed by atoms with Crippen LogP contribution in [0.4, 0.5) is 0 Å². The smallest absolute Gasteiger partial charge is 0.233 e. The summed E-state index contributed by atoms with van der Waals surface area (Å²) in [6.07, 6.45) is 0.826. The third-order valence-corrected chi connectivity index (χ3v) is 5.60. The van der Waals surface area contributed by atoms with Crippen LogP contribution in [0.1, 0.15) is 25.0 Å². The summed E-state index contributed by atoms with van der Waals surface area (Å²) in [6.45, 7) is 7.41. The first-order valence-electron chi connectivity index (χ1n) is 9.57. The van der Waals surface area contributed by atoms with E-state index in [1.807, 2.05) is 37.3 Å². The minimum absolute atomic E-state index is 0.0173. The van der Waals surface area contributed by atoms with Crippen LogP contribution in [0.5, 0.6) is 0 Å². The molecule has 1 unspecified atom stereocenters. The molecule has 1 amide bonds. The molecule has 3 aromatic rings. The zero-order valence-corrected chi connectivity index (χ0v) is 17.4. The number of aromatic nitrogens is 3. The first-order valence-corrected chi connectivity index (χ1v) is 10.4. The van der Waals surface area contributed by atoms with Crippen LogP contribution in [0.25, 0.3) is 11.4 Å². The molecule has 3 rings (SSSR count). The summed E-state index contributed by atoms with van der Waals surface area (Å²) in [5, 5.41) is 12.3. The molecule has 0 aliphatic heterocycles. The molecule has 0 fully saturated rings. The number of hydrogen-bond donors (Lipinski definition) is 1. The lowest BCUT2D eigenvalue weighted by atomic mass is 10.1. The van der Waals surface area contributed by atoms with Gasteiger partial charge in [0.25, 0.3) is 0 Å². The highest BCUT2D eigenvalue weighted by molar-refractivity contribution is 8.00. The van der Waals surface area contributed by atoms with Crippen molar-refractivity contribution in [2.75, 3.05) is 6.54 Å². The van der Waals surface area contributed by atoms with Gasteiger partial charge in [-0.05, 0) is 38.8 Å². The zero-order valence-electron chi connectivity index (χ0n) is 16.6. The number of nitrogens with zero attached hydrogens (tertiary/aromatic N) is 3. The lowest BCUT2D eigenvalue weighted by Gasteiger charge is -2.13. The topological polar surface area (TPSA) is 59.8 Å². The second-order valence-corrected chi connectivity index (χ2v) is 8.01. The molecule has 0 radical (unpaired) electrons. The SMILES string of the molecule is CCn1c(SC(C)C(=O)NCCc2ccccc2)nnc1-c1cccc(C)c1. The largest absolute Gasteiger partial charge is 0.355 e. The van der Waals surface area contributed by atoms with E-state index in [1.165, 1.54) is 22.9 Å². The molecule has 1 aromatic heterocycles. The van der Waals surface area contributed by atoms with Gasteiger partial charge in [0.2, 0.25) is 5.91 Å². The average molecular weight is 395 g/mol. The third-order valence-electron chi connectivity index (χ3n) is 4.52. The van der Waals surface area contributed by atoms with Crippen molar-refractivity contribution in [3.63, 3.8) is 0 Å². The van der Waals surface area contributed by atoms with Crippen LogP contribution >= 0.6 is 11.8 Å². The van der Waals surface area contributed by atoms with Gasteiger partial charge in [0.05, 0.1) is 5.25 Å². The standard InChI is InChI=1S/C22H26N4OS/c1-4-26-20(19-12-8-9-16(2)15-19)24-25-22(26)28-17(3)21(27)23-14-13-18-10-6-5-7-11-18/h5-12,15,17H,4,13-14H2,1-3H3,(H,23,27). The number of aryl methyl sites for hydroxylation is 1. The van der Waals surface area contributed by atoms with Gasteiger partial charge in [-0.25, -0.2) is 0 Å². The Kier molecular flexibility index (Phi) is 6.87. The molecule has 0 aliphatic rings. The lowest BCUT2D eigenvalue weighted by Crippen LogP contribution is -2.32. The van der Waals surface area contributed by atoms with Crippen LogP contribution in [0.3, 0.4) is 0 Å². The van der Waals surface area contributed by atoms with Gasteiger partial charge in [-0.2, -0.15) is 0 Å². The summed E-state index contributed by atoms with van der Waals surface area (Å²) in [4.78, 5) is 12.5. The summed E-state index contributed by atoms with van der Waals surface area (Å²) >= 11 is 1.45. The minimum atomic E-state index is -0.240. The lowest BCUT2D eigenvalue weighted by molar-refractivity contribution is -0.120. The van der Waals surface area contributed by atoms with Gasteiger partial charge in [-0.15, -0.1) is 10.2 Å². The highest BCUT2D eigenvalue weighted by Crippen LogP contribution is 2.27. The Labute approximate surface area is 170 Å². The molecule has 1 atom stereocenters. The van der Waals surface area contributed by atoms with Crippen LogP contribution in [-0.4, -0.2) is 32.5 Å². The first-order chi connectivity index (χ1) is 13.6. The number of carbonyl (C=O) groups is 1. The number of amides is 1. The van der Waals surface area contributed by atoms with Crippen LogP contribution < -0.4 is 5.32 Å². The normalized spacial score (nSPS) is 12.0. The summed E-state index contributed by atoms with van der Waals surface area (Å²) in [5.74, 6) is 0.856. The van der Waals surface area contributed by atoms with E-state index in [1.54, 1.807) is 0 Å². The van der Waals surface area contributed by atoms with E-state index in [-0.39, 0.29) is 11.2 Å². The molecule has 5 nitrogen and oxygen atoms in total. The van der Waals surface area contributed by atoms with E-state index < -0.39 is 0 Å². The van der Waals surface area contributed by atoms with Crippen molar-refractivity contribution in [1.82, 2.24) is 20.1 Å². The molecule has 28 heavy (non-hydrogen) atoms. The maximum absolute atomic E-state index is 12.5. The fraction of sp³-hybridized carbons (Fsp3) is 0.318. The number of nitrogens with one attached hydrogen (secondary N) is 1. The molecule has 0 spiro atoms. The summed E-state index contributed by atoms with van der Waals surface area (Å²) < 4.78 is 2.06. The molecule has 1 heterocycles. The fourth-order valence-corrected chi connectivity index (χ4v) is 3.93. The Bertz CT molecular complexity index is 923. The Balaban J connectivity index is 1.62. The molecule has 0 bridgehead atoms. The number of benzene rings is 2. The van der Waals surface area contributed by atoms with Crippen LogP contribution in [0.2, 0.25) is 0 Å². The molecular weight excluding hydrogens is 368 g/mol. The van der Waals surface area contributed by atoms with Crippen molar-refractivity contribution < 1.29 is 4.79 Å². The predicted octanol–water partition coefficient (Wildman–Crippen LogP) is 4.11. The van der Waals surface area contributed by atoms with Crippen molar-refractivity contribution >= 4 is 17.7 Å². The molecular formula is C22H26N4OS. The number of hydrogen-bond acceptors (Lipinski definition) is 4. The highest BCUT2D eigenvalue weighted by atomic mass is 32.2. The van der Waals surface area contributed by atoms with Gasteiger partial charge in [-0.1, -0.05) is 65.9 Å². The summed E-state index contributed by atoms with van der Waals surface area (Å²) in [5.41, 5.74) is 3.45. The Morgan fingerprint density at radius 2 is 1.93 bits per heavy atom. The molecule has 146 valence electrons. The summed E-state index contributed by atoms with van der Waals surface area (Å²) in [6, 6.07) is 18.4. The maximum atomic E-state index is 12.5. The minimum Gasteiger partial charge on any atom is -0.355 e. The van der Waals surface area contributed by atoms with Crippen molar-refractivity contribution in [1.29, 1.82) is 0 Å². The number of rotatable bonds is 8. The quantitative estimate of drug-likeness (QED) is 0.584. The molecule has 0 saturated heterocycles. The van der Waals surface area contributed by atoms with Crippen LogP contribution in [0.15, 0.2) is 59.8 Å². The molecule has 1 N–H and O–H groups in total. The van der Waals surface area contributed by atoms with E-state index in [2.05, 4.69) is 58.2 Å². The van der Waals surface area contributed by atoms with Gasteiger partial charge in [0.15, 0.2) is 11.0 Å². The van der Waals surface area contributed by atoms with Crippen molar-refractivity contribution in [2.24, 2.45) is 0 Å². The maximum Gasteiger partial charge on any atom is 0.233 e. The number of carbonyl (C=O) groups excluding carboxylic acids is 1. The van der Waals surface area contributed by atoms with E-state index in [4.69, 9.17) is 0 Å². The molecule has 6 heteroatoms. The Hall–Kier alpha value is -2.60. The second-order valence-electron chi connectivity index (χ2n) is 6.71. The average Bonchev–Trinajstić information content (AvgIpc) is 3.11. The Morgan fingerprint density at radius 3 is 2.64 bits per heavy atom. The van der Waals surface area contributed by atoms with E-state index in [0.717, 1.165) is 29.5 Å². The molecule has 0 aliphatic carbocycles. The van der Waals surface area contributed by atoms with E-state index in [0.29, 0.717) is 6.54 Å².